The Bertz CT molecular complexity index is 239. The molecule has 1 aromatic carbocycles. The zero-order valence-electron chi connectivity index (χ0n) is 5.42. The first-order valence-electron chi connectivity index (χ1n) is 2.63. The number of halogens is 2. The Morgan fingerprint density at radius 2 is 1.64 bits per heavy atom. The zero-order chi connectivity index (χ0) is 8.69. The first-order valence-corrected chi connectivity index (χ1v) is 2.63. The van der Waals surface area contributed by atoms with E-state index in [-0.39, 0.29) is 0 Å². The third kappa shape index (κ3) is 4.93. The summed E-state index contributed by atoms with van der Waals surface area (Å²) in [6.45, 7) is 0. The van der Waals surface area contributed by atoms with E-state index in [4.69, 9.17) is 10.2 Å². The fraction of sp³-hybridized carbons (Fsp3) is 0. The van der Waals surface area contributed by atoms with Crippen LogP contribution >= 0.6 is 0 Å². The highest BCUT2D eigenvalue weighted by Crippen LogP contribution is 1.99. The summed E-state index contributed by atoms with van der Waals surface area (Å²) in [6, 6.07) is 4.55. The lowest BCUT2D eigenvalue weighted by Crippen LogP contribution is -1.73. The minimum Gasteiger partial charge on any atom is -0.724 e. The fourth-order valence-electron chi connectivity index (χ4n) is 0.460. The summed E-state index contributed by atoms with van der Waals surface area (Å²) >= 11 is 0. The molecule has 0 aliphatic carbocycles. The van der Waals surface area contributed by atoms with E-state index in [0.717, 1.165) is 6.07 Å². The summed E-state index contributed by atoms with van der Waals surface area (Å²) < 4.78 is 23.9. The molecule has 58 valence electrons. The highest BCUT2D eigenvalue weighted by atomic mass is 19.1. The van der Waals surface area contributed by atoms with Gasteiger partial charge in [-0.1, -0.05) is 6.07 Å². The zero-order valence-corrected chi connectivity index (χ0v) is 5.42. The van der Waals surface area contributed by atoms with Crippen molar-refractivity contribution in [2.24, 2.45) is 0 Å². The number of nitrogens with zero attached hydrogens (tertiary/aromatic N) is 1. The van der Waals surface area contributed by atoms with Gasteiger partial charge in [-0.05, 0) is 18.2 Å². The molecule has 0 radical (unpaired) electrons. The SMILES string of the molecule is Fc1cccc(F)c1.[N-]=C=O. The lowest BCUT2D eigenvalue weighted by atomic mass is 10.3. The number of hydrogen-bond acceptors (Lipinski definition) is 1. The monoisotopic (exact) mass is 156 g/mol. The van der Waals surface area contributed by atoms with Gasteiger partial charge in [0.15, 0.2) is 0 Å². The van der Waals surface area contributed by atoms with Crippen LogP contribution in [-0.2, 0) is 4.79 Å². The molecule has 1 rings (SSSR count). The second-order valence-electron chi connectivity index (χ2n) is 1.53. The molecule has 2 nitrogen and oxygen atoms in total. The molecule has 0 fully saturated rings. The molecular weight excluding hydrogens is 152 g/mol. The molecular formula is C7H4F2NO-. The van der Waals surface area contributed by atoms with Gasteiger partial charge in [0.25, 0.3) is 0 Å². The van der Waals surface area contributed by atoms with Crippen LogP contribution in [0.5, 0.6) is 0 Å². The minimum atomic E-state index is -0.537. The summed E-state index contributed by atoms with van der Waals surface area (Å²) in [7, 11) is 0. The average molecular weight is 156 g/mol. The van der Waals surface area contributed by atoms with E-state index in [2.05, 4.69) is 0 Å². The molecule has 0 unspecified atom stereocenters. The molecule has 0 spiro atoms. The average Bonchev–Trinajstić information content (AvgIpc) is 1.88. The maximum absolute atomic E-state index is 11.9. The summed E-state index contributed by atoms with van der Waals surface area (Å²) in [5, 5.41) is 6.76. The lowest BCUT2D eigenvalue weighted by Gasteiger charge is -1.84. The lowest BCUT2D eigenvalue weighted by molar-refractivity contribution is 0.569. The molecule has 4 heteroatoms. The molecule has 1 aromatic rings. The third-order valence-corrected chi connectivity index (χ3v) is 0.787. The van der Waals surface area contributed by atoms with Gasteiger partial charge >= 0.3 is 0 Å². The third-order valence-electron chi connectivity index (χ3n) is 0.787. The smallest absolute Gasteiger partial charge is 0.126 e. The quantitative estimate of drug-likeness (QED) is 0.417. The van der Waals surface area contributed by atoms with Gasteiger partial charge in [-0.15, -0.1) is 0 Å². The van der Waals surface area contributed by atoms with Crippen molar-refractivity contribution in [2.45, 2.75) is 0 Å². The van der Waals surface area contributed by atoms with Crippen LogP contribution in [0.2, 0.25) is 0 Å². The number of carbonyl (C=O) groups excluding carboxylic acids is 1. The van der Waals surface area contributed by atoms with Crippen molar-refractivity contribution in [1.29, 1.82) is 0 Å². The molecule has 0 heterocycles. The summed E-state index contributed by atoms with van der Waals surface area (Å²) in [5.41, 5.74) is 0. The Hall–Kier alpha value is -1.54. The van der Waals surface area contributed by atoms with Gasteiger partial charge in [-0.25, -0.2) is 8.78 Å². The topological polar surface area (TPSA) is 39.4 Å². The molecule has 11 heavy (non-hydrogen) atoms. The van der Waals surface area contributed by atoms with E-state index >= 15 is 0 Å². The first kappa shape index (κ1) is 9.46. The van der Waals surface area contributed by atoms with E-state index in [0.29, 0.717) is 6.08 Å². The van der Waals surface area contributed by atoms with Gasteiger partial charge in [-0.3, -0.25) is 4.79 Å². The van der Waals surface area contributed by atoms with Crippen molar-refractivity contribution in [3.8, 4) is 0 Å². The van der Waals surface area contributed by atoms with Gasteiger partial charge in [0.1, 0.15) is 11.6 Å². The summed E-state index contributed by atoms with van der Waals surface area (Å²) in [4.78, 5) is 8.24. The molecule has 0 amide bonds. The van der Waals surface area contributed by atoms with Crippen molar-refractivity contribution in [2.75, 3.05) is 0 Å². The standard InChI is InChI=1S/C6H4F2.CNO/c7-5-2-1-3-6(8)4-5;2-1-3/h1-4H;/q;-1. The van der Waals surface area contributed by atoms with Crippen LogP contribution < -0.4 is 0 Å². The Morgan fingerprint density at radius 3 is 1.82 bits per heavy atom. The van der Waals surface area contributed by atoms with Crippen LogP contribution in [0.4, 0.5) is 8.78 Å². The van der Waals surface area contributed by atoms with E-state index in [1.165, 1.54) is 18.2 Å². The molecule has 0 atom stereocenters. The minimum absolute atomic E-state index is 0.500. The number of rotatable bonds is 0. The highest BCUT2D eigenvalue weighted by molar-refractivity contribution is 5.36. The van der Waals surface area contributed by atoms with E-state index in [9.17, 15) is 8.78 Å². The fourth-order valence-corrected chi connectivity index (χ4v) is 0.460. The molecule has 0 N–H and O–H groups in total. The maximum Gasteiger partial charge on any atom is 0.126 e. The Balaban J connectivity index is 0.000000292. The van der Waals surface area contributed by atoms with Crippen molar-refractivity contribution in [3.05, 3.63) is 41.3 Å². The van der Waals surface area contributed by atoms with Crippen molar-refractivity contribution in [3.63, 3.8) is 0 Å². The predicted molar refractivity (Wildman–Crippen MR) is 35.4 cm³/mol. The number of isocyanates is 1. The van der Waals surface area contributed by atoms with Crippen molar-refractivity contribution >= 4 is 6.08 Å². The first-order chi connectivity index (χ1) is 5.20. The molecule has 0 aliphatic rings. The van der Waals surface area contributed by atoms with Gasteiger partial charge in [0.05, 0.1) is 0 Å². The van der Waals surface area contributed by atoms with Gasteiger partial charge in [0, 0.05) is 6.07 Å². The highest BCUT2D eigenvalue weighted by Gasteiger charge is 1.88. The maximum atomic E-state index is 11.9. The Morgan fingerprint density at radius 1 is 1.27 bits per heavy atom. The molecule has 0 bridgehead atoms. The normalized spacial score (nSPS) is 7.45. The molecule has 0 aromatic heterocycles. The summed E-state index contributed by atoms with van der Waals surface area (Å²) in [6.07, 6.45) is 0.500. The summed E-state index contributed by atoms with van der Waals surface area (Å²) in [5.74, 6) is -1.07. The Labute approximate surface area is 62.0 Å². The van der Waals surface area contributed by atoms with E-state index in [1.54, 1.807) is 0 Å². The second-order valence-corrected chi connectivity index (χ2v) is 1.53. The van der Waals surface area contributed by atoms with Gasteiger partial charge in [-0.2, -0.15) is 0 Å². The van der Waals surface area contributed by atoms with Crippen LogP contribution in [-0.4, -0.2) is 6.08 Å². The van der Waals surface area contributed by atoms with Crippen LogP contribution in [0.3, 0.4) is 0 Å². The number of hydrogen-bond donors (Lipinski definition) is 0. The van der Waals surface area contributed by atoms with Gasteiger partial charge < -0.3 is 5.41 Å². The molecule has 0 aliphatic heterocycles. The largest absolute Gasteiger partial charge is 0.724 e. The predicted octanol–water partition coefficient (Wildman–Crippen LogP) is 1.86. The van der Waals surface area contributed by atoms with Crippen molar-refractivity contribution < 1.29 is 13.6 Å². The van der Waals surface area contributed by atoms with Crippen molar-refractivity contribution in [1.82, 2.24) is 0 Å². The van der Waals surface area contributed by atoms with E-state index < -0.39 is 11.6 Å². The van der Waals surface area contributed by atoms with Gasteiger partial charge in [0.2, 0.25) is 0 Å². The van der Waals surface area contributed by atoms with Crippen LogP contribution in [0.25, 0.3) is 5.41 Å². The van der Waals surface area contributed by atoms with E-state index in [1.807, 2.05) is 0 Å². The molecule has 0 saturated carbocycles. The molecule has 0 saturated heterocycles. The van der Waals surface area contributed by atoms with Crippen LogP contribution in [0.15, 0.2) is 24.3 Å². The van der Waals surface area contributed by atoms with Crippen LogP contribution in [0, 0.1) is 11.6 Å². The number of benzene rings is 1. The Kier molecular flexibility index (Phi) is 4.52. The van der Waals surface area contributed by atoms with Crippen LogP contribution in [0.1, 0.15) is 0 Å². The second kappa shape index (κ2) is 5.26.